The zero-order valence-corrected chi connectivity index (χ0v) is 13.2. The monoisotopic (exact) mass is 377 g/mol. The van der Waals surface area contributed by atoms with Gasteiger partial charge in [-0.25, -0.2) is 4.98 Å². The molecule has 1 aliphatic rings. The quantitative estimate of drug-likeness (QED) is 0.706. The molecule has 0 saturated heterocycles. The van der Waals surface area contributed by atoms with Crippen molar-refractivity contribution >= 4 is 5.91 Å². The number of benzene rings is 1. The first-order valence-corrected chi connectivity index (χ1v) is 7.64. The average Bonchev–Trinajstić information content (AvgIpc) is 2.89. The minimum absolute atomic E-state index is 0.00587. The highest BCUT2D eigenvalue weighted by atomic mass is 19.4. The largest absolute Gasteiger partial charge is 0.416 e. The van der Waals surface area contributed by atoms with Crippen LogP contribution >= 0.6 is 0 Å². The smallest absolute Gasteiger partial charge is 0.333 e. The second kappa shape index (κ2) is 6.33. The molecule has 1 amide bonds. The summed E-state index contributed by atoms with van der Waals surface area (Å²) in [6.07, 6.45) is -6.25. The van der Waals surface area contributed by atoms with E-state index in [0.717, 1.165) is 0 Å². The standard InChI is InChI=1S/C16H13F6N3O/c17-15(18,19)11-6-10(7-12(8-11)16(20,21)22)14(26)25-4-1-3-24-5-2-23-13(24)9-25/h2,5-8H,1,3-4,9H2. The maximum absolute atomic E-state index is 13.0. The first-order valence-electron chi connectivity index (χ1n) is 7.64. The van der Waals surface area contributed by atoms with Gasteiger partial charge in [-0.05, 0) is 24.6 Å². The lowest BCUT2D eigenvalue weighted by Gasteiger charge is -2.21. The molecule has 0 saturated carbocycles. The number of alkyl halides is 6. The molecule has 140 valence electrons. The molecule has 26 heavy (non-hydrogen) atoms. The van der Waals surface area contributed by atoms with Gasteiger partial charge in [0.15, 0.2) is 0 Å². The molecule has 3 rings (SSSR count). The van der Waals surface area contributed by atoms with Crippen LogP contribution in [0.5, 0.6) is 0 Å². The third kappa shape index (κ3) is 3.68. The zero-order chi connectivity index (χ0) is 19.1. The Balaban J connectivity index is 1.98. The summed E-state index contributed by atoms with van der Waals surface area (Å²) in [7, 11) is 0. The maximum atomic E-state index is 13.0. The van der Waals surface area contributed by atoms with Crippen LogP contribution < -0.4 is 0 Å². The summed E-state index contributed by atoms with van der Waals surface area (Å²) in [5.41, 5.74) is -3.66. The van der Waals surface area contributed by atoms with E-state index in [9.17, 15) is 31.1 Å². The fourth-order valence-electron chi connectivity index (χ4n) is 2.81. The third-order valence-electron chi connectivity index (χ3n) is 4.08. The highest BCUT2D eigenvalue weighted by Crippen LogP contribution is 2.36. The zero-order valence-electron chi connectivity index (χ0n) is 13.2. The Bertz CT molecular complexity index is 792. The van der Waals surface area contributed by atoms with E-state index in [4.69, 9.17) is 0 Å². The second-order valence-corrected chi connectivity index (χ2v) is 5.91. The SMILES string of the molecule is O=C(c1cc(C(F)(F)F)cc(C(F)(F)F)c1)N1CCCn2ccnc2C1. The lowest BCUT2D eigenvalue weighted by molar-refractivity contribution is -0.143. The molecule has 10 heteroatoms. The predicted molar refractivity (Wildman–Crippen MR) is 78.0 cm³/mol. The van der Waals surface area contributed by atoms with Crippen LogP contribution in [0.15, 0.2) is 30.6 Å². The molecule has 0 aliphatic carbocycles. The molecule has 4 nitrogen and oxygen atoms in total. The van der Waals surface area contributed by atoms with Crippen LogP contribution in [0, 0.1) is 0 Å². The number of hydrogen-bond donors (Lipinski definition) is 0. The van der Waals surface area contributed by atoms with Crippen molar-refractivity contribution in [1.29, 1.82) is 0 Å². The normalized spacial score (nSPS) is 15.5. The predicted octanol–water partition coefficient (Wildman–Crippen LogP) is 3.97. The van der Waals surface area contributed by atoms with Crippen LogP contribution in [0.4, 0.5) is 26.3 Å². The van der Waals surface area contributed by atoms with Crippen molar-refractivity contribution < 1.29 is 31.1 Å². The van der Waals surface area contributed by atoms with E-state index >= 15 is 0 Å². The Labute approximate surface area is 144 Å². The number of fused-ring (bicyclic) bond motifs is 1. The summed E-state index contributed by atoms with van der Waals surface area (Å²) < 4.78 is 79.5. The van der Waals surface area contributed by atoms with Gasteiger partial charge in [-0.2, -0.15) is 26.3 Å². The second-order valence-electron chi connectivity index (χ2n) is 5.91. The highest BCUT2D eigenvalue weighted by Gasteiger charge is 2.38. The van der Waals surface area contributed by atoms with Crippen molar-refractivity contribution in [3.8, 4) is 0 Å². The van der Waals surface area contributed by atoms with E-state index in [1.165, 1.54) is 11.1 Å². The summed E-state index contributed by atoms with van der Waals surface area (Å²) in [5, 5.41) is 0. The minimum atomic E-state index is -4.99. The first kappa shape index (κ1) is 18.3. The summed E-state index contributed by atoms with van der Waals surface area (Å²) in [4.78, 5) is 17.9. The molecular weight excluding hydrogens is 364 g/mol. The topological polar surface area (TPSA) is 38.1 Å². The van der Waals surface area contributed by atoms with Crippen LogP contribution in [0.3, 0.4) is 0 Å². The van der Waals surface area contributed by atoms with E-state index in [0.29, 0.717) is 30.9 Å². The van der Waals surface area contributed by atoms with E-state index in [1.54, 1.807) is 10.8 Å². The van der Waals surface area contributed by atoms with Crippen LogP contribution in [-0.2, 0) is 25.4 Å². The van der Waals surface area contributed by atoms with Gasteiger partial charge < -0.3 is 9.47 Å². The fourth-order valence-corrected chi connectivity index (χ4v) is 2.81. The van der Waals surface area contributed by atoms with Crippen molar-refractivity contribution in [3.63, 3.8) is 0 Å². The van der Waals surface area contributed by atoms with Gasteiger partial charge in [-0.1, -0.05) is 0 Å². The van der Waals surface area contributed by atoms with Crippen LogP contribution in [0.2, 0.25) is 0 Å². The molecule has 1 aliphatic heterocycles. The molecule has 0 spiro atoms. The van der Waals surface area contributed by atoms with Crippen LogP contribution in [0.1, 0.15) is 33.7 Å². The summed E-state index contributed by atoms with van der Waals surface area (Å²) in [6.45, 7) is 0.790. The number of imidazole rings is 1. The Morgan fingerprint density at radius 2 is 1.58 bits per heavy atom. The van der Waals surface area contributed by atoms with Gasteiger partial charge in [-0.15, -0.1) is 0 Å². The molecule has 0 atom stereocenters. The lowest BCUT2D eigenvalue weighted by atomic mass is 10.0. The summed E-state index contributed by atoms with van der Waals surface area (Å²) >= 11 is 0. The van der Waals surface area contributed by atoms with Gasteiger partial charge in [0.05, 0.1) is 17.7 Å². The molecule has 0 fully saturated rings. The minimum Gasteiger partial charge on any atom is -0.333 e. The first-order chi connectivity index (χ1) is 12.1. The molecule has 0 unspecified atom stereocenters. The molecule has 2 heterocycles. The van der Waals surface area contributed by atoms with Gasteiger partial charge in [0.2, 0.25) is 0 Å². The highest BCUT2D eigenvalue weighted by molar-refractivity contribution is 5.94. The molecular formula is C16H13F6N3O. The number of halogens is 6. The Hall–Kier alpha value is -2.52. The Kier molecular flexibility index (Phi) is 4.45. The lowest BCUT2D eigenvalue weighted by Crippen LogP contribution is -2.31. The number of nitrogens with zero attached hydrogens (tertiary/aromatic N) is 3. The number of carbonyl (C=O) groups excluding carboxylic acids is 1. The number of rotatable bonds is 1. The number of hydrogen-bond acceptors (Lipinski definition) is 2. The number of aromatic nitrogens is 2. The molecule has 1 aromatic carbocycles. The van der Waals surface area contributed by atoms with Crippen LogP contribution in [-0.4, -0.2) is 26.9 Å². The Morgan fingerprint density at radius 3 is 2.15 bits per heavy atom. The van der Waals surface area contributed by atoms with E-state index in [2.05, 4.69) is 4.98 Å². The van der Waals surface area contributed by atoms with Crippen molar-refractivity contribution in [3.05, 3.63) is 53.1 Å². The molecule has 0 radical (unpaired) electrons. The van der Waals surface area contributed by atoms with Crippen molar-refractivity contribution in [2.45, 2.75) is 31.9 Å². The van der Waals surface area contributed by atoms with E-state index in [-0.39, 0.29) is 19.2 Å². The van der Waals surface area contributed by atoms with Gasteiger partial charge in [0.1, 0.15) is 5.82 Å². The Morgan fingerprint density at radius 1 is 0.962 bits per heavy atom. The molecule has 0 bridgehead atoms. The third-order valence-corrected chi connectivity index (χ3v) is 4.08. The summed E-state index contributed by atoms with van der Waals surface area (Å²) in [5.74, 6) is -0.364. The van der Waals surface area contributed by atoms with Crippen molar-refractivity contribution in [1.82, 2.24) is 14.5 Å². The maximum Gasteiger partial charge on any atom is 0.416 e. The van der Waals surface area contributed by atoms with Crippen LogP contribution in [0.25, 0.3) is 0 Å². The van der Waals surface area contributed by atoms with Gasteiger partial charge >= 0.3 is 12.4 Å². The number of amides is 1. The molecule has 0 N–H and O–H groups in total. The summed E-state index contributed by atoms with van der Waals surface area (Å²) in [6, 6.07) is 0.912. The molecule has 1 aromatic heterocycles. The molecule has 2 aromatic rings. The number of aryl methyl sites for hydroxylation is 1. The fraction of sp³-hybridized carbons (Fsp3) is 0.375. The van der Waals surface area contributed by atoms with E-state index < -0.39 is 35.0 Å². The average molecular weight is 377 g/mol. The van der Waals surface area contributed by atoms with E-state index in [1.807, 2.05) is 0 Å². The van der Waals surface area contributed by atoms with Crippen molar-refractivity contribution in [2.24, 2.45) is 0 Å². The van der Waals surface area contributed by atoms with Gasteiger partial charge in [0.25, 0.3) is 5.91 Å². The van der Waals surface area contributed by atoms with Gasteiger partial charge in [-0.3, -0.25) is 4.79 Å². The number of carbonyl (C=O) groups is 1. The van der Waals surface area contributed by atoms with Crippen molar-refractivity contribution in [2.75, 3.05) is 6.54 Å². The van der Waals surface area contributed by atoms with Gasteiger partial charge in [0, 0.05) is 31.0 Å².